The third-order valence-electron chi connectivity index (χ3n) is 2.87. The average molecular weight is 219 g/mol. The first-order valence-electron chi connectivity index (χ1n) is 5.33. The van der Waals surface area contributed by atoms with Crippen LogP contribution in [0.3, 0.4) is 0 Å². The van der Waals surface area contributed by atoms with Crippen molar-refractivity contribution in [3.8, 4) is 5.19 Å². The lowest BCUT2D eigenvalue weighted by atomic mass is 9.84. The Kier molecular flexibility index (Phi) is 2.13. The van der Waals surface area contributed by atoms with Gasteiger partial charge in [-0.1, -0.05) is 30.4 Å². The van der Waals surface area contributed by atoms with Gasteiger partial charge in [0, 0.05) is 0 Å². The van der Waals surface area contributed by atoms with Crippen LogP contribution in [0.2, 0.25) is 0 Å². The van der Waals surface area contributed by atoms with Crippen LogP contribution in [0.5, 0.6) is 5.19 Å². The fourth-order valence-corrected chi connectivity index (χ4v) is 2.85. The predicted octanol–water partition coefficient (Wildman–Crippen LogP) is 3.47. The fraction of sp³-hybridized carbons (Fsp3) is 0.417. The minimum absolute atomic E-state index is 0.403. The van der Waals surface area contributed by atoms with Gasteiger partial charge in [-0.25, -0.2) is 4.98 Å². The van der Waals surface area contributed by atoms with Gasteiger partial charge in [-0.2, -0.15) is 0 Å². The molecule has 3 heteroatoms. The van der Waals surface area contributed by atoms with Gasteiger partial charge in [0.25, 0.3) is 5.19 Å². The summed E-state index contributed by atoms with van der Waals surface area (Å²) in [5, 5.41) is 0.827. The minimum Gasteiger partial charge on any atom is -0.467 e. The van der Waals surface area contributed by atoms with E-state index in [0.29, 0.717) is 6.10 Å². The molecule has 0 bridgehead atoms. The summed E-state index contributed by atoms with van der Waals surface area (Å²) in [5.74, 6) is 0.823. The molecule has 78 valence electrons. The Hall–Kier alpha value is -1.09. The average Bonchev–Trinajstić information content (AvgIpc) is 2.57. The fourth-order valence-electron chi connectivity index (χ4n) is 1.97. The number of fused-ring (bicyclic) bond motifs is 1. The molecule has 1 aromatic carbocycles. The highest BCUT2D eigenvalue weighted by atomic mass is 32.1. The second-order valence-corrected chi connectivity index (χ2v) is 5.26. The van der Waals surface area contributed by atoms with E-state index in [1.54, 1.807) is 11.3 Å². The molecule has 1 heterocycles. The van der Waals surface area contributed by atoms with Crippen LogP contribution in [-0.4, -0.2) is 11.1 Å². The number of nitrogens with zero attached hydrogens (tertiary/aromatic N) is 1. The Morgan fingerprint density at radius 2 is 2.13 bits per heavy atom. The number of para-hydroxylation sites is 1. The van der Waals surface area contributed by atoms with Gasteiger partial charge in [-0.3, -0.25) is 0 Å². The van der Waals surface area contributed by atoms with E-state index in [1.807, 2.05) is 18.2 Å². The van der Waals surface area contributed by atoms with Gasteiger partial charge in [0.15, 0.2) is 0 Å². The molecule has 1 saturated carbocycles. The third-order valence-corrected chi connectivity index (χ3v) is 3.80. The van der Waals surface area contributed by atoms with E-state index >= 15 is 0 Å². The van der Waals surface area contributed by atoms with Gasteiger partial charge in [-0.15, -0.1) is 0 Å². The van der Waals surface area contributed by atoms with E-state index in [2.05, 4.69) is 18.0 Å². The number of benzene rings is 1. The van der Waals surface area contributed by atoms with Gasteiger partial charge in [0.1, 0.15) is 6.10 Å². The topological polar surface area (TPSA) is 22.1 Å². The Balaban J connectivity index is 1.80. The molecule has 15 heavy (non-hydrogen) atoms. The van der Waals surface area contributed by atoms with E-state index in [-0.39, 0.29) is 0 Å². The molecule has 0 N–H and O–H groups in total. The lowest BCUT2D eigenvalue weighted by Gasteiger charge is -2.31. The molecule has 0 saturated heterocycles. The summed E-state index contributed by atoms with van der Waals surface area (Å²) in [5.41, 5.74) is 1.05. The van der Waals surface area contributed by atoms with E-state index in [1.165, 1.54) is 17.5 Å². The number of thiazole rings is 1. The molecule has 1 aliphatic rings. The van der Waals surface area contributed by atoms with Crippen molar-refractivity contribution in [3.05, 3.63) is 24.3 Å². The SMILES string of the molecule is CC1CC(Oc2nc3ccccc3s2)C1. The summed E-state index contributed by atoms with van der Waals surface area (Å²) < 4.78 is 7.02. The lowest BCUT2D eigenvalue weighted by Crippen LogP contribution is -2.31. The Morgan fingerprint density at radius 3 is 2.87 bits per heavy atom. The van der Waals surface area contributed by atoms with Crippen LogP contribution in [0.1, 0.15) is 19.8 Å². The highest BCUT2D eigenvalue weighted by Crippen LogP contribution is 2.34. The van der Waals surface area contributed by atoms with Crippen molar-refractivity contribution >= 4 is 21.6 Å². The molecule has 0 radical (unpaired) electrons. The van der Waals surface area contributed by atoms with E-state index in [9.17, 15) is 0 Å². The summed E-state index contributed by atoms with van der Waals surface area (Å²) in [6.07, 6.45) is 2.76. The first kappa shape index (κ1) is 9.16. The summed E-state index contributed by atoms with van der Waals surface area (Å²) >= 11 is 1.64. The molecule has 2 nitrogen and oxygen atoms in total. The van der Waals surface area contributed by atoms with Crippen LogP contribution in [0.4, 0.5) is 0 Å². The van der Waals surface area contributed by atoms with Crippen LogP contribution in [0.25, 0.3) is 10.2 Å². The first-order valence-corrected chi connectivity index (χ1v) is 6.15. The number of rotatable bonds is 2. The predicted molar refractivity (Wildman–Crippen MR) is 62.4 cm³/mol. The monoisotopic (exact) mass is 219 g/mol. The quantitative estimate of drug-likeness (QED) is 0.771. The standard InChI is InChI=1S/C12H13NOS/c1-8-6-9(7-8)14-12-13-10-4-2-3-5-11(10)15-12/h2-5,8-9H,6-7H2,1H3. The zero-order chi connectivity index (χ0) is 10.3. The zero-order valence-electron chi connectivity index (χ0n) is 8.64. The van der Waals surface area contributed by atoms with Gasteiger partial charge in [0.2, 0.25) is 0 Å². The molecule has 1 fully saturated rings. The molecule has 0 atom stereocenters. The molecular weight excluding hydrogens is 206 g/mol. The summed E-state index contributed by atoms with van der Waals surface area (Å²) in [4.78, 5) is 4.46. The first-order chi connectivity index (χ1) is 7.31. The van der Waals surface area contributed by atoms with Gasteiger partial charge in [-0.05, 0) is 30.9 Å². The highest BCUT2D eigenvalue weighted by molar-refractivity contribution is 7.20. The van der Waals surface area contributed by atoms with Crippen molar-refractivity contribution < 1.29 is 4.74 Å². The van der Waals surface area contributed by atoms with Crippen LogP contribution in [-0.2, 0) is 0 Å². The van der Waals surface area contributed by atoms with Crippen molar-refractivity contribution in [1.82, 2.24) is 4.98 Å². The van der Waals surface area contributed by atoms with E-state index in [0.717, 1.165) is 16.6 Å². The molecule has 2 aromatic rings. The van der Waals surface area contributed by atoms with Gasteiger partial charge >= 0.3 is 0 Å². The van der Waals surface area contributed by atoms with Crippen LogP contribution in [0.15, 0.2) is 24.3 Å². The molecule has 3 rings (SSSR count). The van der Waals surface area contributed by atoms with Gasteiger partial charge < -0.3 is 4.74 Å². The van der Waals surface area contributed by atoms with Crippen molar-refractivity contribution in [3.63, 3.8) is 0 Å². The van der Waals surface area contributed by atoms with Gasteiger partial charge in [0.05, 0.1) is 10.2 Å². The molecule has 1 aromatic heterocycles. The summed E-state index contributed by atoms with van der Waals surface area (Å²) in [6, 6.07) is 8.16. The molecular formula is C12H13NOS. The molecule has 0 aliphatic heterocycles. The molecule has 0 spiro atoms. The highest BCUT2D eigenvalue weighted by Gasteiger charge is 2.27. The van der Waals surface area contributed by atoms with Crippen LogP contribution < -0.4 is 4.74 Å². The van der Waals surface area contributed by atoms with Crippen molar-refractivity contribution in [2.45, 2.75) is 25.9 Å². The summed E-state index contributed by atoms with van der Waals surface area (Å²) in [6.45, 7) is 2.26. The van der Waals surface area contributed by atoms with Crippen LogP contribution >= 0.6 is 11.3 Å². The normalized spacial score (nSPS) is 25.1. The largest absolute Gasteiger partial charge is 0.467 e. The molecule has 0 amide bonds. The molecule has 1 aliphatic carbocycles. The maximum Gasteiger partial charge on any atom is 0.274 e. The van der Waals surface area contributed by atoms with Crippen molar-refractivity contribution in [2.75, 3.05) is 0 Å². The second kappa shape index (κ2) is 3.49. The minimum atomic E-state index is 0.403. The van der Waals surface area contributed by atoms with E-state index in [4.69, 9.17) is 4.74 Å². The Labute approximate surface area is 92.9 Å². The maximum atomic E-state index is 5.81. The number of ether oxygens (including phenoxy) is 1. The zero-order valence-corrected chi connectivity index (χ0v) is 9.46. The number of hydrogen-bond acceptors (Lipinski definition) is 3. The number of hydrogen-bond donors (Lipinski definition) is 0. The smallest absolute Gasteiger partial charge is 0.274 e. The molecule has 0 unspecified atom stereocenters. The third kappa shape index (κ3) is 1.72. The maximum absolute atomic E-state index is 5.81. The van der Waals surface area contributed by atoms with E-state index < -0.39 is 0 Å². The Morgan fingerprint density at radius 1 is 1.33 bits per heavy atom. The summed E-state index contributed by atoms with van der Waals surface area (Å²) in [7, 11) is 0. The second-order valence-electron chi connectivity index (χ2n) is 4.26. The Bertz CT molecular complexity index is 440. The van der Waals surface area contributed by atoms with Crippen molar-refractivity contribution in [1.29, 1.82) is 0 Å². The number of aromatic nitrogens is 1. The van der Waals surface area contributed by atoms with Crippen molar-refractivity contribution in [2.24, 2.45) is 5.92 Å². The van der Waals surface area contributed by atoms with Crippen LogP contribution in [0, 0.1) is 5.92 Å². The lowest BCUT2D eigenvalue weighted by molar-refractivity contribution is 0.0738.